The molecule has 0 aromatic heterocycles. The van der Waals surface area contributed by atoms with Gasteiger partial charge in [-0.2, -0.15) is 5.01 Å². The molecule has 22 heavy (non-hydrogen) atoms. The van der Waals surface area contributed by atoms with Crippen molar-refractivity contribution in [3.8, 4) is 0 Å². The molecule has 0 fully saturated rings. The maximum absolute atomic E-state index is 11.6. The lowest BCUT2D eigenvalue weighted by molar-refractivity contribution is 0.203. The molecule has 0 radical (unpaired) electrons. The van der Waals surface area contributed by atoms with E-state index >= 15 is 0 Å². The van der Waals surface area contributed by atoms with E-state index in [1.54, 1.807) is 0 Å². The van der Waals surface area contributed by atoms with E-state index in [0.717, 1.165) is 0 Å². The Morgan fingerprint density at radius 3 is 2.23 bits per heavy atom. The number of alkyl halides is 1. The van der Waals surface area contributed by atoms with E-state index in [2.05, 4.69) is 15.3 Å². The van der Waals surface area contributed by atoms with Gasteiger partial charge in [-0.1, -0.05) is 0 Å². The third-order valence-electron chi connectivity index (χ3n) is 2.28. The molecule has 0 saturated heterocycles. The van der Waals surface area contributed by atoms with Crippen molar-refractivity contribution in [3.63, 3.8) is 0 Å². The van der Waals surface area contributed by atoms with Crippen molar-refractivity contribution in [3.05, 3.63) is 4.91 Å². The third kappa shape index (κ3) is 9.09. The second-order valence-electron chi connectivity index (χ2n) is 3.86. The van der Waals surface area contributed by atoms with Crippen LogP contribution in [-0.4, -0.2) is 71.9 Å². The van der Waals surface area contributed by atoms with E-state index in [1.165, 1.54) is 7.05 Å². The standard InChI is InChI=1S/C8H18ClN5O6S2/c1-10-21(17,18)7-4-12-22(19,20)6-3-11-8(15)14(13-16)5-2-9/h10,12H,2-7H2,1H3,(H,11,15). The highest BCUT2D eigenvalue weighted by Crippen LogP contribution is 1.92. The average Bonchev–Trinajstić information content (AvgIpc) is 2.43. The minimum atomic E-state index is -3.76. The number of halogens is 1. The molecule has 0 atom stereocenters. The summed E-state index contributed by atoms with van der Waals surface area (Å²) in [6.07, 6.45) is 0. The van der Waals surface area contributed by atoms with E-state index in [9.17, 15) is 26.5 Å². The predicted molar refractivity (Wildman–Crippen MR) is 81.3 cm³/mol. The van der Waals surface area contributed by atoms with Crippen LogP contribution in [0.4, 0.5) is 4.79 Å². The topological polar surface area (TPSA) is 154 Å². The monoisotopic (exact) mass is 379 g/mol. The predicted octanol–water partition coefficient (Wildman–Crippen LogP) is -1.61. The molecule has 0 aliphatic heterocycles. The fourth-order valence-corrected chi connectivity index (χ4v) is 2.94. The first-order valence-electron chi connectivity index (χ1n) is 6.00. The number of carbonyl (C=O) groups excluding carboxylic acids is 1. The molecule has 3 N–H and O–H groups in total. The highest BCUT2D eigenvalue weighted by molar-refractivity contribution is 7.90. The normalized spacial score (nSPS) is 11.9. The molecule has 130 valence electrons. The fraction of sp³-hybridized carbons (Fsp3) is 0.875. The second-order valence-corrected chi connectivity index (χ2v) is 8.21. The van der Waals surface area contributed by atoms with Crippen LogP contribution in [0.2, 0.25) is 0 Å². The number of carbonyl (C=O) groups is 1. The average molecular weight is 380 g/mol. The van der Waals surface area contributed by atoms with Crippen LogP contribution >= 0.6 is 11.6 Å². The molecule has 14 heteroatoms. The van der Waals surface area contributed by atoms with Crippen LogP contribution in [0.5, 0.6) is 0 Å². The van der Waals surface area contributed by atoms with Crippen molar-refractivity contribution in [2.24, 2.45) is 5.29 Å². The Kier molecular flexibility index (Phi) is 9.43. The largest absolute Gasteiger partial charge is 0.340 e. The van der Waals surface area contributed by atoms with Crippen LogP contribution in [0.15, 0.2) is 5.29 Å². The zero-order chi connectivity index (χ0) is 17.2. The summed E-state index contributed by atoms with van der Waals surface area (Å²) >= 11 is 5.35. The molecule has 0 rings (SSSR count). The Bertz CT molecular complexity index is 566. The number of nitroso groups, excluding NO2 is 1. The SMILES string of the molecule is CNS(=O)(=O)CCNS(=O)(=O)CCNC(=O)N(CCCl)N=O. The van der Waals surface area contributed by atoms with Crippen molar-refractivity contribution in [2.75, 3.05) is 44.1 Å². The van der Waals surface area contributed by atoms with E-state index in [-0.39, 0.29) is 25.5 Å². The maximum atomic E-state index is 11.6. The van der Waals surface area contributed by atoms with Crippen LogP contribution in [-0.2, 0) is 20.0 Å². The molecule has 0 saturated carbocycles. The van der Waals surface area contributed by atoms with Crippen molar-refractivity contribution < 1.29 is 21.6 Å². The summed E-state index contributed by atoms with van der Waals surface area (Å²) < 4.78 is 49.4. The Labute approximate surface area is 133 Å². The van der Waals surface area contributed by atoms with Gasteiger partial charge in [0, 0.05) is 19.0 Å². The number of amides is 2. The summed E-state index contributed by atoms with van der Waals surface area (Å²) in [6.45, 7) is -0.682. The van der Waals surface area contributed by atoms with Gasteiger partial charge in [-0.05, 0) is 7.05 Å². The van der Waals surface area contributed by atoms with Crippen molar-refractivity contribution in [1.82, 2.24) is 19.8 Å². The minimum Gasteiger partial charge on any atom is -0.335 e. The Balaban J connectivity index is 4.18. The molecule has 11 nitrogen and oxygen atoms in total. The summed E-state index contributed by atoms with van der Waals surface area (Å²) in [5.74, 6) is -0.890. The van der Waals surface area contributed by atoms with Gasteiger partial charge in [0.1, 0.15) is 0 Å². The number of hydrogen-bond acceptors (Lipinski definition) is 7. The minimum absolute atomic E-state index is 0.00104. The van der Waals surface area contributed by atoms with Crippen molar-refractivity contribution in [1.29, 1.82) is 0 Å². The number of nitrogens with zero attached hydrogens (tertiary/aromatic N) is 2. The van der Waals surface area contributed by atoms with Crippen molar-refractivity contribution in [2.45, 2.75) is 0 Å². The lowest BCUT2D eigenvalue weighted by Crippen LogP contribution is -2.41. The summed E-state index contributed by atoms with van der Waals surface area (Å²) in [5.41, 5.74) is 0. The third-order valence-corrected chi connectivity index (χ3v) is 5.20. The van der Waals surface area contributed by atoms with Gasteiger partial charge in [-0.25, -0.2) is 31.1 Å². The summed E-state index contributed by atoms with van der Waals surface area (Å²) in [4.78, 5) is 21.7. The first-order chi connectivity index (χ1) is 10.2. The van der Waals surface area contributed by atoms with E-state index in [0.29, 0.717) is 5.01 Å². The van der Waals surface area contributed by atoms with Gasteiger partial charge < -0.3 is 5.32 Å². The van der Waals surface area contributed by atoms with Gasteiger partial charge in [0.2, 0.25) is 20.0 Å². The quantitative estimate of drug-likeness (QED) is 0.223. The van der Waals surface area contributed by atoms with Crippen LogP contribution < -0.4 is 14.8 Å². The molecule has 0 aromatic carbocycles. The summed E-state index contributed by atoms with van der Waals surface area (Å²) in [7, 11) is -6.06. The summed E-state index contributed by atoms with van der Waals surface area (Å²) in [5, 5.41) is 5.12. The Morgan fingerprint density at radius 1 is 1.14 bits per heavy atom. The first kappa shape index (κ1) is 21.0. The molecule has 0 spiro atoms. The fourth-order valence-electron chi connectivity index (χ4n) is 1.15. The van der Waals surface area contributed by atoms with Crippen LogP contribution in [0, 0.1) is 4.91 Å². The lowest BCUT2D eigenvalue weighted by atomic mass is 10.6. The molecule has 0 aliphatic carbocycles. The highest BCUT2D eigenvalue weighted by Gasteiger charge is 2.16. The van der Waals surface area contributed by atoms with E-state index < -0.39 is 37.6 Å². The van der Waals surface area contributed by atoms with Gasteiger partial charge >= 0.3 is 6.03 Å². The highest BCUT2D eigenvalue weighted by atomic mass is 35.5. The van der Waals surface area contributed by atoms with Gasteiger partial charge in [0.15, 0.2) is 0 Å². The maximum Gasteiger partial charge on any atom is 0.340 e. The van der Waals surface area contributed by atoms with Gasteiger partial charge in [0.05, 0.1) is 23.3 Å². The van der Waals surface area contributed by atoms with E-state index in [4.69, 9.17) is 11.6 Å². The first-order valence-corrected chi connectivity index (χ1v) is 9.84. The zero-order valence-electron chi connectivity index (χ0n) is 11.8. The van der Waals surface area contributed by atoms with Gasteiger partial charge in [-0.3, -0.25) is 0 Å². The molecular formula is C8H18ClN5O6S2. The Morgan fingerprint density at radius 2 is 1.73 bits per heavy atom. The van der Waals surface area contributed by atoms with Crippen LogP contribution in [0.3, 0.4) is 0 Å². The molecule has 0 unspecified atom stereocenters. The number of rotatable bonds is 11. The summed E-state index contributed by atoms with van der Waals surface area (Å²) in [6, 6.07) is -0.872. The van der Waals surface area contributed by atoms with Crippen molar-refractivity contribution >= 4 is 37.7 Å². The number of sulfonamides is 2. The van der Waals surface area contributed by atoms with Crippen LogP contribution in [0.1, 0.15) is 0 Å². The number of nitrogens with one attached hydrogen (secondary N) is 3. The zero-order valence-corrected chi connectivity index (χ0v) is 14.2. The van der Waals surface area contributed by atoms with Gasteiger partial charge in [0.25, 0.3) is 0 Å². The van der Waals surface area contributed by atoms with Gasteiger partial charge in [-0.15, -0.1) is 16.5 Å². The molecule has 0 heterocycles. The number of urea groups is 1. The molecule has 0 bridgehead atoms. The Hall–Kier alpha value is -1.02. The number of hydrogen-bond donors (Lipinski definition) is 3. The lowest BCUT2D eigenvalue weighted by Gasteiger charge is -2.13. The van der Waals surface area contributed by atoms with Crippen LogP contribution in [0.25, 0.3) is 0 Å². The molecule has 2 amide bonds. The smallest absolute Gasteiger partial charge is 0.335 e. The molecule has 0 aliphatic rings. The van der Waals surface area contributed by atoms with E-state index in [1.807, 2.05) is 4.72 Å². The molecule has 0 aromatic rings. The second kappa shape index (κ2) is 9.89. The molecular weight excluding hydrogens is 362 g/mol.